The van der Waals surface area contributed by atoms with Crippen LogP contribution in [0.25, 0.3) is 0 Å². The second kappa shape index (κ2) is 6.01. The number of aryl methyl sites for hydroxylation is 1. The molecule has 3 heteroatoms. The van der Waals surface area contributed by atoms with Gasteiger partial charge in [0.25, 0.3) is 5.91 Å². The largest absolute Gasteiger partial charge is 0.349 e. The van der Waals surface area contributed by atoms with Gasteiger partial charge in [0, 0.05) is 11.6 Å². The third-order valence-corrected chi connectivity index (χ3v) is 3.71. The Balaban J connectivity index is 1.91. The lowest BCUT2D eigenvalue weighted by Gasteiger charge is -2.28. The number of hydrogen-bond acceptors (Lipinski definition) is 2. The molecule has 0 radical (unpaired) electrons. The van der Waals surface area contributed by atoms with Crippen molar-refractivity contribution in [2.75, 3.05) is 13.1 Å². The quantitative estimate of drug-likeness (QED) is 0.857. The second-order valence-electron chi connectivity index (χ2n) is 5.23. The highest BCUT2D eigenvalue weighted by atomic mass is 16.1. The summed E-state index contributed by atoms with van der Waals surface area (Å²) in [6.07, 6.45) is 2.40. The summed E-state index contributed by atoms with van der Waals surface area (Å²) >= 11 is 0. The van der Waals surface area contributed by atoms with Crippen LogP contribution in [0.5, 0.6) is 0 Å². The molecule has 2 rings (SSSR count). The second-order valence-corrected chi connectivity index (χ2v) is 5.23. The lowest BCUT2D eigenvalue weighted by atomic mass is 9.92. The standard InChI is InChI=1S/C15H22N2O/c1-11-5-7-13(8-6-11)15(18)17-12(2)14-4-3-9-16-10-14/h5-8,12,14,16H,3-4,9-10H2,1-2H3,(H,17,18). The Morgan fingerprint density at radius 3 is 2.72 bits per heavy atom. The average molecular weight is 246 g/mol. The van der Waals surface area contributed by atoms with Crippen LogP contribution < -0.4 is 10.6 Å². The Hall–Kier alpha value is -1.35. The number of carbonyl (C=O) groups excluding carboxylic acids is 1. The van der Waals surface area contributed by atoms with Crippen molar-refractivity contribution in [2.24, 2.45) is 5.92 Å². The van der Waals surface area contributed by atoms with Crippen molar-refractivity contribution >= 4 is 5.91 Å². The number of carbonyl (C=O) groups is 1. The zero-order valence-electron chi connectivity index (χ0n) is 11.2. The number of piperidine rings is 1. The normalized spacial score (nSPS) is 21.3. The summed E-state index contributed by atoms with van der Waals surface area (Å²) in [6.45, 7) is 6.24. The lowest BCUT2D eigenvalue weighted by molar-refractivity contribution is 0.0922. The van der Waals surface area contributed by atoms with E-state index in [0.717, 1.165) is 18.7 Å². The third kappa shape index (κ3) is 3.33. The van der Waals surface area contributed by atoms with Gasteiger partial charge in [0.05, 0.1) is 0 Å². The maximum Gasteiger partial charge on any atom is 0.251 e. The van der Waals surface area contributed by atoms with Gasteiger partial charge in [0.15, 0.2) is 0 Å². The number of nitrogens with one attached hydrogen (secondary N) is 2. The third-order valence-electron chi connectivity index (χ3n) is 3.71. The van der Waals surface area contributed by atoms with E-state index in [2.05, 4.69) is 17.6 Å². The summed E-state index contributed by atoms with van der Waals surface area (Å²) in [5.41, 5.74) is 1.92. The molecule has 98 valence electrons. The Labute approximate surface area is 109 Å². The number of hydrogen-bond donors (Lipinski definition) is 2. The molecule has 0 saturated carbocycles. The van der Waals surface area contributed by atoms with E-state index in [1.807, 2.05) is 31.2 Å². The van der Waals surface area contributed by atoms with Crippen LogP contribution in [0.4, 0.5) is 0 Å². The van der Waals surface area contributed by atoms with Gasteiger partial charge in [0.2, 0.25) is 0 Å². The van der Waals surface area contributed by atoms with Crippen LogP contribution in [0.1, 0.15) is 35.7 Å². The van der Waals surface area contributed by atoms with E-state index < -0.39 is 0 Å². The van der Waals surface area contributed by atoms with Crippen LogP contribution in [0.15, 0.2) is 24.3 Å². The number of amides is 1. The lowest BCUT2D eigenvalue weighted by Crippen LogP contribution is -2.44. The summed E-state index contributed by atoms with van der Waals surface area (Å²) in [5.74, 6) is 0.584. The fourth-order valence-electron chi connectivity index (χ4n) is 2.42. The van der Waals surface area contributed by atoms with Crippen LogP contribution in [0.3, 0.4) is 0 Å². The van der Waals surface area contributed by atoms with Gasteiger partial charge in [-0.2, -0.15) is 0 Å². The Kier molecular flexibility index (Phi) is 4.37. The van der Waals surface area contributed by atoms with E-state index in [0.29, 0.717) is 5.92 Å². The van der Waals surface area contributed by atoms with Gasteiger partial charge >= 0.3 is 0 Å². The highest BCUT2D eigenvalue weighted by Gasteiger charge is 2.21. The maximum atomic E-state index is 12.1. The molecular formula is C15H22N2O. The molecule has 2 atom stereocenters. The molecule has 1 fully saturated rings. The summed E-state index contributed by atoms with van der Waals surface area (Å²) in [7, 11) is 0. The first-order chi connectivity index (χ1) is 8.66. The Morgan fingerprint density at radius 1 is 1.39 bits per heavy atom. The number of benzene rings is 1. The van der Waals surface area contributed by atoms with Gasteiger partial charge in [-0.25, -0.2) is 0 Å². The van der Waals surface area contributed by atoms with Crippen molar-refractivity contribution in [3.05, 3.63) is 35.4 Å². The molecule has 2 N–H and O–H groups in total. The Morgan fingerprint density at radius 2 is 2.11 bits per heavy atom. The van der Waals surface area contributed by atoms with E-state index in [4.69, 9.17) is 0 Å². The van der Waals surface area contributed by atoms with Gasteiger partial charge in [0.1, 0.15) is 0 Å². The van der Waals surface area contributed by atoms with Gasteiger partial charge in [-0.05, 0) is 57.8 Å². The predicted octanol–water partition coefficient (Wildman–Crippen LogP) is 2.11. The fourth-order valence-corrected chi connectivity index (χ4v) is 2.42. The predicted molar refractivity (Wildman–Crippen MR) is 73.7 cm³/mol. The minimum absolute atomic E-state index is 0.0353. The molecule has 0 aliphatic carbocycles. The Bertz CT molecular complexity index is 393. The highest BCUT2D eigenvalue weighted by Crippen LogP contribution is 2.14. The number of rotatable bonds is 3. The van der Waals surface area contributed by atoms with Crippen molar-refractivity contribution in [3.8, 4) is 0 Å². The summed E-state index contributed by atoms with van der Waals surface area (Å²) in [6, 6.07) is 7.95. The maximum absolute atomic E-state index is 12.1. The van der Waals surface area contributed by atoms with Crippen molar-refractivity contribution in [1.82, 2.24) is 10.6 Å². The molecule has 1 aliphatic rings. The molecule has 1 saturated heterocycles. The minimum Gasteiger partial charge on any atom is -0.349 e. The molecule has 0 bridgehead atoms. The molecule has 18 heavy (non-hydrogen) atoms. The van der Waals surface area contributed by atoms with E-state index in [1.54, 1.807) is 0 Å². The summed E-state index contributed by atoms with van der Waals surface area (Å²) in [4.78, 5) is 12.1. The van der Waals surface area contributed by atoms with Crippen LogP contribution >= 0.6 is 0 Å². The zero-order valence-corrected chi connectivity index (χ0v) is 11.2. The monoisotopic (exact) mass is 246 g/mol. The van der Waals surface area contributed by atoms with Crippen LogP contribution in [-0.2, 0) is 0 Å². The molecule has 1 aliphatic heterocycles. The SMILES string of the molecule is Cc1ccc(C(=O)NC(C)C2CCCNC2)cc1. The first-order valence-electron chi connectivity index (χ1n) is 6.75. The van der Waals surface area contributed by atoms with Crippen LogP contribution in [0, 0.1) is 12.8 Å². The molecule has 3 nitrogen and oxygen atoms in total. The molecule has 1 aromatic carbocycles. The van der Waals surface area contributed by atoms with Gasteiger partial charge in [-0.3, -0.25) is 4.79 Å². The van der Waals surface area contributed by atoms with Gasteiger partial charge < -0.3 is 10.6 Å². The molecule has 2 unspecified atom stereocenters. The molecule has 1 amide bonds. The average Bonchev–Trinajstić information content (AvgIpc) is 2.40. The van der Waals surface area contributed by atoms with Crippen molar-refractivity contribution in [1.29, 1.82) is 0 Å². The molecule has 0 spiro atoms. The van der Waals surface area contributed by atoms with Gasteiger partial charge in [-0.15, -0.1) is 0 Å². The van der Waals surface area contributed by atoms with Gasteiger partial charge in [-0.1, -0.05) is 17.7 Å². The smallest absolute Gasteiger partial charge is 0.251 e. The van der Waals surface area contributed by atoms with Crippen LogP contribution in [0.2, 0.25) is 0 Å². The fraction of sp³-hybridized carbons (Fsp3) is 0.533. The zero-order chi connectivity index (χ0) is 13.0. The summed E-state index contributed by atoms with van der Waals surface area (Å²) in [5, 5.41) is 6.49. The minimum atomic E-state index is 0.0353. The molecule has 1 heterocycles. The highest BCUT2D eigenvalue weighted by molar-refractivity contribution is 5.94. The van der Waals surface area contributed by atoms with E-state index >= 15 is 0 Å². The van der Waals surface area contributed by atoms with Crippen LogP contribution in [-0.4, -0.2) is 25.0 Å². The van der Waals surface area contributed by atoms with E-state index in [9.17, 15) is 4.79 Å². The molecule has 1 aromatic rings. The first kappa shape index (κ1) is 13.1. The van der Waals surface area contributed by atoms with Crippen molar-refractivity contribution in [2.45, 2.75) is 32.7 Å². The van der Waals surface area contributed by atoms with Crippen molar-refractivity contribution in [3.63, 3.8) is 0 Å². The summed E-state index contributed by atoms with van der Waals surface area (Å²) < 4.78 is 0. The molecule has 0 aromatic heterocycles. The molecular weight excluding hydrogens is 224 g/mol. The van der Waals surface area contributed by atoms with Crippen molar-refractivity contribution < 1.29 is 4.79 Å². The van der Waals surface area contributed by atoms with E-state index in [-0.39, 0.29) is 11.9 Å². The topological polar surface area (TPSA) is 41.1 Å². The first-order valence-corrected chi connectivity index (χ1v) is 6.75. The van der Waals surface area contributed by atoms with E-state index in [1.165, 1.54) is 18.4 Å².